The zero-order valence-electron chi connectivity index (χ0n) is 16.5. The summed E-state index contributed by atoms with van der Waals surface area (Å²) in [6.45, 7) is 4.99. The number of hydrogen-bond donors (Lipinski definition) is 0. The molecule has 3 rings (SSSR count). The van der Waals surface area contributed by atoms with E-state index in [4.69, 9.17) is 21.1 Å². The van der Waals surface area contributed by atoms with Crippen LogP contribution in [0.2, 0.25) is 5.02 Å². The summed E-state index contributed by atoms with van der Waals surface area (Å²) in [5.74, 6) is 1.15. The maximum absolute atomic E-state index is 6.51. The van der Waals surface area contributed by atoms with Crippen molar-refractivity contribution in [2.75, 3.05) is 6.61 Å². The molecule has 0 bridgehead atoms. The van der Waals surface area contributed by atoms with Gasteiger partial charge in [0.2, 0.25) is 0 Å². The second kappa shape index (κ2) is 10.5. The first-order chi connectivity index (χ1) is 14.1. The van der Waals surface area contributed by atoms with Crippen LogP contribution in [0.4, 0.5) is 5.69 Å². The highest BCUT2D eigenvalue weighted by atomic mass is 79.9. The molecule has 0 atom stereocenters. The van der Waals surface area contributed by atoms with E-state index in [2.05, 4.69) is 40.0 Å². The lowest BCUT2D eigenvalue weighted by molar-refractivity contribution is 0.269. The summed E-state index contributed by atoms with van der Waals surface area (Å²) in [6, 6.07) is 19.9. The molecule has 150 valence electrons. The van der Waals surface area contributed by atoms with Crippen LogP contribution in [-0.2, 0) is 13.0 Å². The van der Waals surface area contributed by atoms with Gasteiger partial charge in [-0.05, 0) is 66.4 Å². The maximum atomic E-state index is 6.51. The van der Waals surface area contributed by atoms with Gasteiger partial charge in [0.1, 0.15) is 6.61 Å². The van der Waals surface area contributed by atoms with E-state index in [9.17, 15) is 0 Å². The van der Waals surface area contributed by atoms with Gasteiger partial charge in [0.25, 0.3) is 0 Å². The first kappa shape index (κ1) is 21.4. The van der Waals surface area contributed by atoms with Crippen LogP contribution in [0.3, 0.4) is 0 Å². The summed E-state index contributed by atoms with van der Waals surface area (Å²) >= 11 is 9.95. The van der Waals surface area contributed by atoms with Crippen LogP contribution in [-0.4, -0.2) is 12.8 Å². The Morgan fingerprint density at radius 3 is 2.28 bits per heavy atom. The molecule has 0 amide bonds. The van der Waals surface area contributed by atoms with Gasteiger partial charge in [0.05, 0.1) is 17.3 Å². The molecule has 0 heterocycles. The fraction of sp³-hybridized carbons (Fsp3) is 0.208. The predicted molar refractivity (Wildman–Crippen MR) is 124 cm³/mol. The van der Waals surface area contributed by atoms with Crippen LogP contribution < -0.4 is 9.47 Å². The average Bonchev–Trinajstić information content (AvgIpc) is 2.73. The first-order valence-corrected chi connectivity index (χ1v) is 10.7. The Kier molecular flexibility index (Phi) is 7.73. The van der Waals surface area contributed by atoms with Crippen LogP contribution in [0.1, 0.15) is 30.5 Å². The van der Waals surface area contributed by atoms with E-state index in [1.54, 1.807) is 6.21 Å². The number of benzene rings is 3. The third-order valence-electron chi connectivity index (χ3n) is 4.34. The first-order valence-electron chi connectivity index (χ1n) is 9.55. The van der Waals surface area contributed by atoms with Gasteiger partial charge in [-0.25, -0.2) is 0 Å². The highest BCUT2D eigenvalue weighted by Crippen LogP contribution is 2.37. The number of hydrogen-bond acceptors (Lipinski definition) is 3. The predicted octanol–water partition coefficient (Wildman–Crippen LogP) is 7.39. The minimum atomic E-state index is 0.407. The van der Waals surface area contributed by atoms with Gasteiger partial charge >= 0.3 is 0 Å². The van der Waals surface area contributed by atoms with Crippen molar-refractivity contribution in [3.05, 3.63) is 86.8 Å². The standard InChI is InChI=1S/C24H23BrClNO2/c1-3-17-7-11-21(12-8-17)27-15-19-13-22(26)24(23(14-19)28-4-2)29-16-18-5-9-20(25)10-6-18/h5-15H,3-4,16H2,1-2H3. The third kappa shape index (κ3) is 6.09. The second-order valence-electron chi connectivity index (χ2n) is 6.46. The van der Waals surface area contributed by atoms with Crippen molar-refractivity contribution >= 4 is 39.4 Å². The number of aryl methyl sites for hydroxylation is 1. The SMILES string of the molecule is CCOc1cc(C=Nc2ccc(CC)cc2)cc(Cl)c1OCc1ccc(Br)cc1. The molecule has 0 aliphatic heterocycles. The minimum Gasteiger partial charge on any atom is -0.490 e. The van der Waals surface area contributed by atoms with Crippen LogP contribution in [0.15, 0.2) is 70.1 Å². The molecular formula is C24H23BrClNO2. The van der Waals surface area contributed by atoms with Crippen LogP contribution in [0.25, 0.3) is 0 Å². The molecule has 3 aromatic rings. The molecule has 0 spiro atoms. The van der Waals surface area contributed by atoms with Gasteiger partial charge in [-0.1, -0.05) is 58.7 Å². The van der Waals surface area contributed by atoms with Gasteiger partial charge in [0.15, 0.2) is 11.5 Å². The van der Waals surface area contributed by atoms with Gasteiger partial charge in [-0.15, -0.1) is 0 Å². The molecule has 3 aromatic carbocycles. The number of aliphatic imine (C=N–C) groups is 1. The summed E-state index contributed by atoms with van der Waals surface area (Å²) in [5.41, 5.74) is 4.09. The molecule has 5 heteroatoms. The highest BCUT2D eigenvalue weighted by molar-refractivity contribution is 9.10. The summed E-state index contributed by atoms with van der Waals surface area (Å²) in [7, 11) is 0. The number of ether oxygens (including phenoxy) is 2. The van der Waals surface area contributed by atoms with Crippen molar-refractivity contribution in [1.29, 1.82) is 0 Å². The van der Waals surface area contributed by atoms with Crippen LogP contribution >= 0.6 is 27.5 Å². The summed E-state index contributed by atoms with van der Waals surface area (Å²) in [4.78, 5) is 4.54. The van der Waals surface area contributed by atoms with Gasteiger partial charge in [-0.3, -0.25) is 4.99 Å². The monoisotopic (exact) mass is 471 g/mol. The molecule has 0 saturated heterocycles. The van der Waals surface area contributed by atoms with E-state index in [-0.39, 0.29) is 0 Å². The van der Waals surface area contributed by atoms with E-state index in [0.717, 1.165) is 27.7 Å². The fourth-order valence-corrected chi connectivity index (χ4v) is 3.31. The van der Waals surface area contributed by atoms with Gasteiger partial charge < -0.3 is 9.47 Å². The fourth-order valence-electron chi connectivity index (χ4n) is 2.77. The lowest BCUT2D eigenvalue weighted by Crippen LogP contribution is -2.01. The summed E-state index contributed by atoms with van der Waals surface area (Å²) < 4.78 is 12.8. The molecule has 3 nitrogen and oxygen atoms in total. The molecule has 0 saturated carbocycles. The van der Waals surface area contributed by atoms with Gasteiger partial charge in [-0.2, -0.15) is 0 Å². The molecule has 0 unspecified atom stereocenters. The summed E-state index contributed by atoms with van der Waals surface area (Å²) in [6.07, 6.45) is 2.80. The Morgan fingerprint density at radius 1 is 0.931 bits per heavy atom. The van der Waals surface area contributed by atoms with Crippen molar-refractivity contribution in [2.45, 2.75) is 26.9 Å². The molecule has 0 aliphatic carbocycles. The Bertz CT molecular complexity index is 969. The number of rotatable bonds is 8. The van der Waals surface area contributed by atoms with Crippen molar-refractivity contribution < 1.29 is 9.47 Å². The van der Waals surface area contributed by atoms with Crippen LogP contribution in [0.5, 0.6) is 11.5 Å². The lowest BCUT2D eigenvalue weighted by Gasteiger charge is -2.14. The molecule has 29 heavy (non-hydrogen) atoms. The van der Waals surface area contributed by atoms with Crippen LogP contribution in [0, 0.1) is 0 Å². The number of halogens is 2. The smallest absolute Gasteiger partial charge is 0.180 e. The summed E-state index contributed by atoms with van der Waals surface area (Å²) in [5, 5.41) is 0.496. The lowest BCUT2D eigenvalue weighted by atomic mass is 10.1. The molecule has 0 fully saturated rings. The molecular weight excluding hydrogens is 450 g/mol. The van der Waals surface area contributed by atoms with Crippen molar-refractivity contribution in [3.63, 3.8) is 0 Å². The van der Waals surface area contributed by atoms with Gasteiger partial charge in [0, 0.05) is 10.7 Å². The van der Waals surface area contributed by atoms with E-state index >= 15 is 0 Å². The third-order valence-corrected chi connectivity index (χ3v) is 5.14. The average molecular weight is 473 g/mol. The second-order valence-corrected chi connectivity index (χ2v) is 7.78. The van der Waals surface area contributed by atoms with Crippen molar-refractivity contribution in [3.8, 4) is 11.5 Å². The van der Waals surface area contributed by atoms with E-state index in [1.807, 2.05) is 55.5 Å². The quantitative estimate of drug-likeness (QED) is 0.320. The Labute approximate surface area is 185 Å². The Morgan fingerprint density at radius 2 is 1.62 bits per heavy atom. The maximum Gasteiger partial charge on any atom is 0.180 e. The van der Waals surface area contributed by atoms with E-state index in [1.165, 1.54) is 5.56 Å². The van der Waals surface area contributed by atoms with E-state index in [0.29, 0.717) is 29.7 Å². The topological polar surface area (TPSA) is 30.8 Å². The zero-order chi connectivity index (χ0) is 20.6. The molecule has 0 radical (unpaired) electrons. The zero-order valence-corrected chi connectivity index (χ0v) is 18.8. The minimum absolute atomic E-state index is 0.407. The molecule has 0 N–H and O–H groups in total. The van der Waals surface area contributed by atoms with E-state index < -0.39 is 0 Å². The molecule has 0 aliphatic rings. The number of nitrogens with zero attached hydrogens (tertiary/aromatic N) is 1. The Balaban J connectivity index is 1.79. The van der Waals surface area contributed by atoms with Crippen molar-refractivity contribution in [2.24, 2.45) is 4.99 Å². The molecule has 0 aromatic heterocycles. The normalized spacial score (nSPS) is 11.0. The largest absolute Gasteiger partial charge is 0.490 e. The Hall–Kier alpha value is -2.30. The highest BCUT2D eigenvalue weighted by Gasteiger charge is 2.12. The van der Waals surface area contributed by atoms with Crippen molar-refractivity contribution in [1.82, 2.24) is 0 Å².